The number of nitrogens with zero attached hydrogens (tertiary/aromatic N) is 4. The molecule has 7 nitrogen and oxygen atoms in total. The molecule has 0 N–H and O–H groups in total. The van der Waals surface area contributed by atoms with Gasteiger partial charge in [-0.1, -0.05) is 30.3 Å². The Bertz CT molecular complexity index is 1280. The highest BCUT2D eigenvalue weighted by Crippen LogP contribution is 2.34. The largest absolute Gasteiger partial charge is 0.497 e. The number of methoxy groups -OCH3 is 2. The van der Waals surface area contributed by atoms with Crippen LogP contribution in [0.5, 0.6) is 11.5 Å². The lowest BCUT2D eigenvalue weighted by atomic mass is 10.1. The molecule has 5 rings (SSSR count). The van der Waals surface area contributed by atoms with E-state index in [-0.39, 0.29) is 5.91 Å². The second-order valence-electron chi connectivity index (χ2n) is 8.39. The van der Waals surface area contributed by atoms with E-state index in [2.05, 4.69) is 29.2 Å². The van der Waals surface area contributed by atoms with Crippen LogP contribution in [0.2, 0.25) is 0 Å². The molecule has 3 heterocycles. The van der Waals surface area contributed by atoms with Gasteiger partial charge in [0.1, 0.15) is 11.5 Å². The highest BCUT2D eigenvalue weighted by atomic mass is 32.1. The summed E-state index contributed by atoms with van der Waals surface area (Å²) in [5.74, 6) is 1.64. The van der Waals surface area contributed by atoms with Gasteiger partial charge in [-0.3, -0.25) is 14.1 Å². The van der Waals surface area contributed by atoms with E-state index in [4.69, 9.17) is 14.5 Å². The summed E-state index contributed by atoms with van der Waals surface area (Å²) in [5, 5.41) is 2.03. The first-order valence-electron chi connectivity index (χ1n) is 11.4. The lowest BCUT2D eigenvalue weighted by Crippen LogP contribution is -2.48. The van der Waals surface area contributed by atoms with Gasteiger partial charge >= 0.3 is 0 Å². The highest BCUT2D eigenvalue weighted by molar-refractivity contribution is 7.15. The first-order valence-corrected chi connectivity index (χ1v) is 12.2. The summed E-state index contributed by atoms with van der Waals surface area (Å²) in [4.78, 5) is 23.1. The van der Waals surface area contributed by atoms with Crippen LogP contribution in [0, 0.1) is 0 Å². The summed E-state index contributed by atoms with van der Waals surface area (Å²) >= 11 is 1.54. The smallest absolute Gasteiger partial charge is 0.228 e. The van der Waals surface area contributed by atoms with E-state index in [1.165, 1.54) is 5.56 Å². The van der Waals surface area contributed by atoms with Crippen molar-refractivity contribution in [3.05, 3.63) is 71.4 Å². The third kappa shape index (κ3) is 4.64. The van der Waals surface area contributed by atoms with Crippen LogP contribution in [0.1, 0.15) is 11.3 Å². The monoisotopic (exact) mass is 476 g/mol. The number of thiazole rings is 1. The van der Waals surface area contributed by atoms with Gasteiger partial charge in [-0.25, -0.2) is 4.98 Å². The van der Waals surface area contributed by atoms with Gasteiger partial charge in [-0.15, -0.1) is 11.3 Å². The minimum Gasteiger partial charge on any atom is -0.497 e. The van der Waals surface area contributed by atoms with Crippen molar-refractivity contribution < 1.29 is 14.3 Å². The maximum Gasteiger partial charge on any atom is 0.228 e. The fourth-order valence-corrected chi connectivity index (χ4v) is 5.24. The summed E-state index contributed by atoms with van der Waals surface area (Å²) in [7, 11) is 3.29. The summed E-state index contributed by atoms with van der Waals surface area (Å²) in [6.07, 6.45) is 2.34. The van der Waals surface area contributed by atoms with Crippen LogP contribution in [0.25, 0.3) is 16.2 Å². The molecule has 176 valence electrons. The molecule has 1 aliphatic heterocycles. The molecule has 0 spiro atoms. The second kappa shape index (κ2) is 9.87. The minimum absolute atomic E-state index is 0.160. The zero-order valence-corrected chi connectivity index (χ0v) is 20.3. The number of hydrogen-bond donors (Lipinski definition) is 0. The highest BCUT2D eigenvalue weighted by Gasteiger charge is 2.23. The average molecular weight is 477 g/mol. The van der Waals surface area contributed by atoms with Gasteiger partial charge in [0.25, 0.3) is 0 Å². The van der Waals surface area contributed by atoms with Gasteiger partial charge in [-0.05, 0) is 23.8 Å². The molecule has 0 bridgehead atoms. The van der Waals surface area contributed by atoms with Crippen LogP contribution in [0.4, 0.5) is 0 Å². The Kier molecular flexibility index (Phi) is 6.51. The van der Waals surface area contributed by atoms with Crippen molar-refractivity contribution in [3.63, 3.8) is 0 Å². The van der Waals surface area contributed by atoms with Crippen molar-refractivity contribution in [1.82, 2.24) is 19.2 Å². The molecule has 0 saturated carbocycles. The second-order valence-corrected chi connectivity index (χ2v) is 9.23. The molecule has 0 radical (unpaired) electrons. The number of amides is 1. The molecular weight excluding hydrogens is 448 g/mol. The Morgan fingerprint density at radius 2 is 1.82 bits per heavy atom. The van der Waals surface area contributed by atoms with Gasteiger partial charge < -0.3 is 14.4 Å². The molecule has 1 saturated heterocycles. The topological polar surface area (TPSA) is 59.3 Å². The Labute approximate surface area is 203 Å². The number of benzene rings is 2. The third-order valence-corrected chi connectivity index (χ3v) is 7.16. The van der Waals surface area contributed by atoms with Crippen molar-refractivity contribution >= 4 is 22.2 Å². The van der Waals surface area contributed by atoms with Gasteiger partial charge in [0, 0.05) is 55.6 Å². The molecule has 2 aromatic heterocycles. The zero-order valence-electron chi connectivity index (χ0n) is 19.4. The summed E-state index contributed by atoms with van der Waals surface area (Å²) in [6, 6.07) is 16.2. The number of rotatable bonds is 7. The van der Waals surface area contributed by atoms with Gasteiger partial charge in [0.2, 0.25) is 5.91 Å². The molecule has 4 aromatic rings. The van der Waals surface area contributed by atoms with E-state index in [0.29, 0.717) is 6.42 Å². The van der Waals surface area contributed by atoms with E-state index in [9.17, 15) is 4.79 Å². The maximum absolute atomic E-state index is 13.1. The molecule has 1 fully saturated rings. The Hall–Kier alpha value is -3.36. The first-order chi connectivity index (χ1) is 16.6. The quantitative estimate of drug-likeness (QED) is 0.404. The van der Waals surface area contributed by atoms with Crippen LogP contribution in [0.3, 0.4) is 0 Å². The number of hydrogen-bond acceptors (Lipinski definition) is 6. The van der Waals surface area contributed by atoms with Gasteiger partial charge in [0.05, 0.1) is 26.3 Å². The maximum atomic E-state index is 13.1. The van der Waals surface area contributed by atoms with Crippen molar-refractivity contribution in [2.75, 3.05) is 40.4 Å². The zero-order chi connectivity index (χ0) is 23.5. The predicted molar refractivity (Wildman–Crippen MR) is 134 cm³/mol. The van der Waals surface area contributed by atoms with E-state index in [0.717, 1.165) is 66.1 Å². The van der Waals surface area contributed by atoms with E-state index < -0.39 is 0 Å². The summed E-state index contributed by atoms with van der Waals surface area (Å²) < 4.78 is 12.9. The minimum atomic E-state index is 0.160. The number of imidazole rings is 1. The van der Waals surface area contributed by atoms with Crippen molar-refractivity contribution in [1.29, 1.82) is 0 Å². The third-order valence-electron chi connectivity index (χ3n) is 6.27. The van der Waals surface area contributed by atoms with E-state index in [1.54, 1.807) is 25.6 Å². The van der Waals surface area contributed by atoms with E-state index in [1.807, 2.05) is 45.1 Å². The van der Waals surface area contributed by atoms with Crippen molar-refractivity contribution in [3.8, 4) is 22.8 Å². The predicted octanol–water partition coefficient (Wildman–Crippen LogP) is 3.97. The molecule has 1 aliphatic rings. The number of ether oxygens (including phenoxy) is 2. The first kappa shape index (κ1) is 22.4. The van der Waals surface area contributed by atoms with Crippen LogP contribution in [-0.2, 0) is 17.8 Å². The molecule has 34 heavy (non-hydrogen) atoms. The van der Waals surface area contributed by atoms with Crippen LogP contribution in [0.15, 0.2) is 60.1 Å². The number of aromatic nitrogens is 2. The molecule has 1 amide bonds. The molecule has 0 aliphatic carbocycles. The molecular formula is C26H28N4O3S. The molecule has 8 heteroatoms. The number of carbonyl (C=O) groups is 1. The van der Waals surface area contributed by atoms with Crippen LogP contribution >= 0.6 is 11.3 Å². The Balaban J connectivity index is 1.26. The van der Waals surface area contributed by atoms with Crippen LogP contribution in [-0.4, -0.2) is 65.5 Å². The molecule has 0 atom stereocenters. The van der Waals surface area contributed by atoms with Crippen LogP contribution < -0.4 is 9.47 Å². The average Bonchev–Trinajstić information content (AvgIpc) is 3.46. The number of carbonyl (C=O) groups excluding carboxylic acids is 1. The molecule has 2 aromatic carbocycles. The summed E-state index contributed by atoms with van der Waals surface area (Å²) in [6.45, 7) is 4.24. The SMILES string of the molecule is COc1ccc(OC)c(-c2cn3c(CC(=O)N4CCN(Cc5ccccc5)CC4)csc3n2)c1. The lowest BCUT2D eigenvalue weighted by Gasteiger charge is -2.34. The normalized spacial score (nSPS) is 14.5. The fraction of sp³-hybridized carbons (Fsp3) is 0.308. The molecule has 0 unspecified atom stereocenters. The van der Waals surface area contributed by atoms with Gasteiger partial charge in [-0.2, -0.15) is 0 Å². The summed E-state index contributed by atoms with van der Waals surface area (Å²) in [5.41, 5.74) is 3.93. The van der Waals surface area contributed by atoms with Crippen molar-refractivity contribution in [2.24, 2.45) is 0 Å². The van der Waals surface area contributed by atoms with Gasteiger partial charge in [0.15, 0.2) is 4.96 Å². The Morgan fingerprint density at radius 3 is 2.56 bits per heavy atom. The lowest BCUT2D eigenvalue weighted by molar-refractivity contribution is -0.132. The van der Waals surface area contributed by atoms with Crippen molar-refractivity contribution in [2.45, 2.75) is 13.0 Å². The fourth-order valence-electron chi connectivity index (χ4n) is 4.36. The standard InChI is InChI=1S/C26H28N4O3S/c1-32-21-8-9-24(33-2)22(15-21)23-17-30-20(18-34-26(30)27-23)14-25(31)29-12-10-28(11-13-29)16-19-6-4-3-5-7-19/h3-9,15,17-18H,10-14,16H2,1-2H3. The Morgan fingerprint density at radius 1 is 1.03 bits per heavy atom. The van der Waals surface area contributed by atoms with E-state index >= 15 is 0 Å². The number of fused-ring (bicyclic) bond motifs is 1. The number of piperazine rings is 1.